The molecule has 7 heteroatoms. The van der Waals surface area contributed by atoms with Crippen molar-refractivity contribution >= 4 is 21.7 Å². The average Bonchev–Trinajstić information content (AvgIpc) is 2.50. The van der Waals surface area contributed by atoms with Crippen LogP contribution in [0, 0.1) is 0 Å². The van der Waals surface area contributed by atoms with Gasteiger partial charge in [-0.05, 0) is 44.0 Å². The lowest BCUT2D eigenvalue weighted by molar-refractivity contribution is -0.137. The summed E-state index contributed by atoms with van der Waals surface area (Å²) in [4.78, 5) is 10.6. The maximum atomic E-state index is 12.2. The molecule has 0 bridgehead atoms. The fraction of sp³-hybridized carbons (Fsp3) is 0.533. The summed E-state index contributed by atoms with van der Waals surface area (Å²) in [6.07, 6.45) is 1.10. The van der Waals surface area contributed by atoms with Crippen molar-refractivity contribution in [2.75, 3.05) is 23.2 Å². The highest BCUT2D eigenvalue weighted by Crippen LogP contribution is 2.23. The molecule has 1 rings (SSSR count). The van der Waals surface area contributed by atoms with Crippen LogP contribution in [-0.4, -0.2) is 38.4 Å². The molecule has 0 spiro atoms. The van der Waals surface area contributed by atoms with Crippen LogP contribution in [-0.2, 0) is 14.8 Å². The van der Waals surface area contributed by atoms with Gasteiger partial charge in [0.2, 0.25) is 10.0 Å². The molecule has 0 aliphatic rings. The van der Waals surface area contributed by atoms with E-state index >= 15 is 0 Å². The summed E-state index contributed by atoms with van der Waals surface area (Å²) in [7, 11) is -3.44. The lowest BCUT2D eigenvalue weighted by atomic mass is 10.2. The third-order valence-electron chi connectivity index (χ3n) is 3.05. The van der Waals surface area contributed by atoms with Crippen LogP contribution in [0.5, 0.6) is 5.75 Å². The number of nitrogens with zero attached hydrogens (tertiary/aromatic N) is 1. The van der Waals surface area contributed by atoms with Crippen LogP contribution >= 0.6 is 0 Å². The first kappa shape index (κ1) is 18.3. The summed E-state index contributed by atoms with van der Waals surface area (Å²) in [5.74, 6) is -0.282. The molecular weight excluding hydrogens is 306 g/mol. The van der Waals surface area contributed by atoms with Gasteiger partial charge in [0.1, 0.15) is 5.75 Å². The highest BCUT2D eigenvalue weighted by Gasteiger charge is 2.20. The molecular formula is C15H23NO5S. The third kappa shape index (κ3) is 5.55. The molecule has 0 radical (unpaired) electrons. The van der Waals surface area contributed by atoms with E-state index < -0.39 is 16.0 Å². The van der Waals surface area contributed by atoms with Crippen LogP contribution in [0.3, 0.4) is 0 Å². The number of aliphatic carboxylic acids is 1. The van der Waals surface area contributed by atoms with E-state index in [1.807, 2.05) is 6.92 Å². The van der Waals surface area contributed by atoms with Crippen molar-refractivity contribution in [3.63, 3.8) is 0 Å². The van der Waals surface area contributed by atoms with Crippen molar-refractivity contribution in [2.24, 2.45) is 0 Å². The molecule has 1 N–H and O–H groups in total. The Hall–Kier alpha value is -1.76. The number of carboxylic acids is 1. The van der Waals surface area contributed by atoms with Gasteiger partial charge >= 0.3 is 5.97 Å². The topological polar surface area (TPSA) is 83.9 Å². The van der Waals surface area contributed by atoms with E-state index in [0.29, 0.717) is 18.0 Å². The molecule has 124 valence electrons. The molecule has 22 heavy (non-hydrogen) atoms. The number of sulfonamides is 1. The van der Waals surface area contributed by atoms with Crippen molar-refractivity contribution in [3.8, 4) is 5.75 Å². The van der Waals surface area contributed by atoms with Crippen LogP contribution < -0.4 is 9.04 Å². The van der Waals surface area contributed by atoms with Gasteiger partial charge in [-0.15, -0.1) is 0 Å². The molecule has 6 nitrogen and oxygen atoms in total. The molecule has 0 fully saturated rings. The van der Waals surface area contributed by atoms with Crippen LogP contribution in [0.4, 0.5) is 5.69 Å². The van der Waals surface area contributed by atoms with E-state index in [4.69, 9.17) is 9.84 Å². The second-order valence-electron chi connectivity index (χ2n) is 4.81. The molecule has 0 unspecified atom stereocenters. The first-order valence-electron chi connectivity index (χ1n) is 7.35. The van der Waals surface area contributed by atoms with Gasteiger partial charge < -0.3 is 9.84 Å². The average molecular weight is 329 g/mol. The first-order valence-corrected chi connectivity index (χ1v) is 8.96. The maximum absolute atomic E-state index is 12.2. The maximum Gasteiger partial charge on any atom is 0.303 e. The summed E-state index contributed by atoms with van der Waals surface area (Å²) in [6, 6.07) is 6.80. The van der Waals surface area contributed by atoms with E-state index in [-0.39, 0.29) is 25.1 Å². The monoisotopic (exact) mass is 329 g/mol. The van der Waals surface area contributed by atoms with Gasteiger partial charge in [0.05, 0.1) is 18.0 Å². The summed E-state index contributed by atoms with van der Waals surface area (Å²) in [5, 5.41) is 8.69. The van der Waals surface area contributed by atoms with Gasteiger partial charge in [0.15, 0.2) is 0 Å². The Bertz CT molecular complexity index is 568. The molecule has 0 aliphatic carbocycles. The van der Waals surface area contributed by atoms with Crippen LogP contribution in [0.25, 0.3) is 0 Å². The first-order chi connectivity index (χ1) is 10.4. The fourth-order valence-corrected chi connectivity index (χ4v) is 3.05. The van der Waals surface area contributed by atoms with Crippen LogP contribution in [0.15, 0.2) is 24.3 Å². The zero-order valence-electron chi connectivity index (χ0n) is 13.0. The minimum absolute atomic E-state index is 0.0336. The van der Waals surface area contributed by atoms with E-state index in [2.05, 4.69) is 0 Å². The minimum Gasteiger partial charge on any atom is -0.494 e. The predicted molar refractivity (Wildman–Crippen MR) is 85.9 cm³/mol. The van der Waals surface area contributed by atoms with Crippen molar-refractivity contribution in [1.29, 1.82) is 0 Å². The number of hydrogen-bond acceptors (Lipinski definition) is 4. The second-order valence-corrected chi connectivity index (χ2v) is 6.99. The number of benzene rings is 1. The zero-order valence-corrected chi connectivity index (χ0v) is 13.8. The number of rotatable bonds is 10. The lowest BCUT2D eigenvalue weighted by Crippen LogP contribution is -2.33. The van der Waals surface area contributed by atoms with E-state index in [1.54, 1.807) is 31.2 Å². The van der Waals surface area contributed by atoms with E-state index in [0.717, 1.165) is 6.42 Å². The molecule has 0 saturated heterocycles. The highest BCUT2D eigenvalue weighted by molar-refractivity contribution is 7.92. The van der Waals surface area contributed by atoms with Crippen LogP contribution in [0.1, 0.15) is 33.1 Å². The van der Waals surface area contributed by atoms with Crippen molar-refractivity contribution < 1.29 is 23.1 Å². The standard InChI is InChI=1S/C15H23NO5S/c1-3-12-21-14-9-7-13(8-10-14)16(22(19,20)4-2)11-5-6-15(17)18/h7-10H,3-6,11-12H2,1-2H3,(H,17,18). The van der Waals surface area contributed by atoms with Gasteiger partial charge in [0, 0.05) is 13.0 Å². The molecule has 0 atom stereocenters. The summed E-state index contributed by atoms with van der Waals surface area (Å²) in [6.45, 7) is 4.33. The van der Waals surface area contributed by atoms with Gasteiger partial charge in [0.25, 0.3) is 0 Å². The highest BCUT2D eigenvalue weighted by atomic mass is 32.2. The van der Waals surface area contributed by atoms with Crippen LogP contribution in [0.2, 0.25) is 0 Å². The molecule has 1 aromatic rings. The third-order valence-corrected chi connectivity index (χ3v) is 4.84. The van der Waals surface area contributed by atoms with E-state index in [9.17, 15) is 13.2 Å². The van der Waals surface area contributed by atoms with E-state index in [1.165, 1.54) is 4.31 Å². The smallest absolute Gasteiger partial charge is 0.303 e. The second kappa shape index (κ2) is 8.63. The lowest BCUT2D eigenvalue weighted by Gasteiger charge is -2.23. The Kier molecular flexibility index (Phi) is 7.17. The quantitative estimate of drug-likeness (QED) is 0.713. The number of carbonyl (C=O) groups is 1. The summed E-state index contributed by atoms with van der Waals surface area (Å²) < 4.78 is 31.1. The molecule has 0 saturated carbocycles. The van der Waals surface area contributed by atoms with Crippen molar-refractivity contribution in [3.05, 3.63) is 24.3 Å². The van der Waals surface area contributed by atoms with Gasteiger partial charge in [-0.2, -0.15) is 0 Å². The Morgan fingerprint density at radius 2 is 1.86 bits per heavy atom. The summed E-state index contributed by atoms with van der Waals surface area (Å²) in [5.41, 5.74) is 0.524. The number of anilines is 1. The molecule has 0 aromatic heterocycles. The number of ether oxygens (including phenoxy) is 1. The Morgan fingerprint density at radius 1 is 1.23 bits per heavy atom. The van der Waals surface area contributed by atoms with Gasteiger partial charge in [-0.3, -0.25) is 9.10 Å². The SMILES string of the molecule is CCCOc1ccc(N(CCCC(=O)O)S(=O)(=O)CC)cc1. The number of carboxylic acid groups (broad SMARTS) is 1. The largest absolute Gasteiger partial charge is 0.494 e. The molecule has 0 amide bonds. The molecule has 1 aromatic carbocycles. The Morgan fingerprint density at radius 3 is 2.36 bits per heavy atom. The predicted octanol–water partition coefficient (Wildman–Crippen LogP) is 2.50. The Balaban J connectivity index is 2.88. The normalized spacial score (nSPS) is 11.2. The molecule has 0 heterocycles. The molecule has 0 aliphatic heterocycles. The van der Waals surface area contributed by atoms with Crippen molar-refractivity contribution in [1.82, 2.24) is 0 Å². The minimum atomic E-state index is -3.44. The van der Waals surface area contributed by atoms with Gasteiger partial charge in [-0.25, -0.2) is 8.42 Å². The summed E-state index contributed by atoms with van der Waals surface area (Å²) >= 11 is 0. The number of hydrogen-bond donors (Lipinski definition) is 1. The van der Waals surface area contributed by atoms with Crippen molar-refractivity contribution in [2.45, 2.75) is 33.1 Å². The zero-order chi connectivity index (χ0) is 16.6. The van der Waals surface area contributed by atoms with Gasteiger partial charge in [-0.1, -0.05) is 6.92 Å². The Labute approximate surface area is 131 Å². The fourth-order valence-electron chi connectivity index (χ4n) is 1.89.